The molecule has 260 valence electrons. The van der Waals surface area contributed by atoms with E-state index >= 15 is 8.78 Å². The van der Waals surface area contributed by atoms with Gasteiger partial charge < -0.3 is 25.2 Å². The zero-order chi connectivity index (χ0) is 35.0. The highest BCUT2D eigenvalue weighted by Crippen LogP contribution is 2.47. The van der Waals surface area contributed by atoms with Crippen LogP contribution in [0.15, 0.2) is 36.5 Å². The van der Waals surface area contributed by atoms with Crippen molar-refractivity contribution >= 4 is 33.3 Å². The summed E-state index contributed by atoms with van der Waals surface area (Å²) in [5.74, 6) is 1.48. The fourth-order valence-corrected chi connectivity index (χ4v) is 8.78. The van der Waals surface area contributed by atoms with Crippen molar-refractivity contribution in [2.75, 3.05) is 43.5 Å². The Hall–Kier alpha value is -5.35. The third kappa shape index (κ3) is 4.98. The number of aryl methyl sites for hydroxylation is 1. The monoisotopic (exact) mass is 693 g/mol. The molecule has 0 bridgehead atoms. The number of rotatable bonds is 5. The van der Waals surface area contributed by atoms with Gasteiger partial charge in [-0.25, -0.2) is 23.1 Å². The summed E-state index contributed by atoms with van der Waals surface area (Å²) in [6, 6.07) is 7.01. The van der Waals surface area contributed by atoms with Crippen LogP contribution in [0.25, 0.3) is 32.9 Å². The first-order chi connectivity index (χ1) is 24.7. The number of phenols is 1. The van der Waals surface area contributed by atoms with Crippen LogP contribution in [0.4, 0.5) is 24.8 Å². The van der Waals surface area contributed by atoms with Crippen molar-refractivity contribution in [1.29, 1.82) is 0 Å². The summed E-state index contributed by atoms with van der Waals surface area (Å²) in [6.07, 6.45) is 11.0. The smallest absolute Gasteiger partial charge is 0.319 e. The number of anilines is 2. The third-order valence-corrected chi connectivity index (χ3v) is 11.0. The molecule has 13 heteroatoms. The van der Waals surface area contributed by atoms with E-state index < -0.39 is 23.3 Å². The lowest BCUT2D eigenvalue weighted by atomic mass is 9.87. The Morgan fingerprint density at radius 3 is 2.86 bits per heavy atom. The molecular weight excluding hydrogens is 659 g/mol. The first-order valence-corrected chi connectivity index (χ1v) is 17.2. The fourth-order valence-electron chi connectivity index (χ4n) is 8.78. The maximum Gasteiger partial charge on any atom is 0.319 e. The average molecular weight is 694 g/mol. The van der Waals surface area contributed by atoms with Gasteiger partial charge in [0.15, 0.2) is 5.82 Å². The molecule has 0 saturated carbocycles. The van der Waals surface area contributed by atoms with Crippen molar-refractivity contribution in [3.8, 4) is 41.2 Å². The van der Waals surface area contributed by atoms with Crippen molar-refractivity contribution in [2.45, 2.75) is 56.3 Å². The summed E-state index contributed by atoms with van der Waals surface area (Å²) in [4.78, 5) is 22.7. The Morgan fingerprint density at radius 2 is 2.00 bits per heavy atom. The molecule has 0 spiro atoms. The molecule has 2 saturated heterocycles. The summed E-state index contributed by atoms with van der Waals surface area (Å²) in [6.45, 7) is 1.76. The minimum Gasteiger partial charge on any atom is -0.508 e. The number of alkyl halides is 1. The highest BCUT2D eigenvalue weighted by molar-refractivity contribution is 6.04. The molecule has 3 aliphatic heterocycles. The second-order valence-electron chi connectivity index (χ2n) is 13.9. The van der Waals surface area contributed by atoms with Gasteiger partial charge in [-0.1, -0.05) is 12.0 Å². The minimum absolute atomic E-state index is 0.0624. The normalized spacial score (nSPS) is 22.7. The molecule has 1 aliphatic carbocycles. The number of phenolic OH excluding ortho intramolecular Hbond substituents is 1. The Labute approximate surface area is 291 Å². The SMILES string of the molecule is C#Cc1c(F)ccc2cc(O)cc(-c3nc4c5c(nc(OC[C@@]67CCCN6C[C@H](F)C7)nc5c3F)N(C3CCCc5ccnc(N)c53)CCO4)c12. The number of nitrogens with zero attached hydrogens (tertiary/aromatic N) is 6. The highest BCUT2D eigenvalue weighted by atomic mass is 19.1. The zero-order valence-corrected chi connectivity index (χ0v) is 27.6. The molecule has 4 aliphatic rings. The van der Waals surface area contributed by atoms with Gasteiger partial charge in [0.2, 0.25) is 5.88 Å². The van der Waals surface area contributed by atoms with Crippen LogP contribution in [-0.2, 0) is 6.42 Å². The lowest BCUT2D eigenvalue weighted by molar-refractivity contribution is 0.107. The van der Waals surface area contributed by atoms with Crippen LogP contribution < -0.4 is 20.1 Å². The molecule has 2 fully saturated rings. The number of ether oxygens (including phenoxy) is 2. The van der Waals surface area contributed by atoms with Gasteiger partial charge in [-0.3, -0.25) is 4.90 Å². The molecule has 3 atom stereocenters. The van der Waals surface area contributed by atoms with Gasteiger partial charge in [-0.2, -0.15) is 9.97 Å². The first kappa shape index (κ1) is 31.6. The van der Waals surface area contributed by atoms with Crippen LogP contribution in [0.3, 0.4) is 0 Å². The maximum atomic E-state index is 17.3. The van der Waals surface area contributed by atoms with Crippen molar-refractivity contribution in [1.82, 2.24) is 24.8 Å². The molecule has 51 heavy (non-hydrogen) atoms. The first-order valence-electron chi connectivity index (χ1n) is 17.2. The number of nitrogens with two attached hydrogens (primary N) is 1. The predicted molar refractivity (Wildman–Crippen MR) is 186 cm³/mol. The van der Waals surface area contributed by atoms with E-state index in [2.05, 4.69) is 25.8 Å². The number of aromatic hydroxyl groups is 1. The van der Waals surface area contributed by atoms with Gasteiger partial charge in [0.05, 0.1) is 23.7 Å². The molecule has 0 amide bonds. The zero-order valence-electron chi connectivity index (χ0n) is 27.6. The van der Waals surface area contributed by atoms with Crippen LogP contribution in [0.5, 0.6) is 17.6 Å². The van der Waals surface area contributed by atoms with Gasteiger partial charge in [0.25, 0.3) is 0 Å². The summed E-state index contributed by atoms with van der Waals surface area (Å²) in [5.41, 5.74) is 7.55. The molecule has 2 aromatic carbocycles. The Bertz CT molecular complexity index is 2300. The predicted octanol–water partition coefficient (Wildman–Crippen LogP) is 6.02. The van der Waals surface area contributed by atoms with Crippen LogP contribution in [-0.4, -0.2) is 74.5 Å². The van der Waals surface area contributed by atoms with Gasteiger partial charge in [0, 0.05) is 35.7 Å². The molecular formula is C38H34F3N7O3. The number of hydrogen-bond donors (Lipinski definition) is 2. The second kappa shape index (κ2) is 11.9. The van der Waals surface area contributed by atoms with Crippen LogP contribution in [0.1, 0.15) is 54.8 Å². The van der Waals surface area contributed by atoms with E-state index in [1.807, 2.05) is 11.0 Å². The largest absolute Gasteiger partial charge is 0.508 e. The van der Waals surface area contributed by atoms with Gasteiger partial charge >= 0.3 is 6.01 Å². The molecule has 6 heterocycles. The summed E-state index contributed by atoms with van der Waals surface area (Å²) in [5, 5.41) is 11.5. The molecule has 1 unspecified atom stereocenters. The highest BCUT2D eigenvalue weighted by Gasteiger charge is 2.49. The molecule has 9 rings (SSSR count). The number of terminal acetylenes is 1. The van der Waals surface area contributed by atoms with Gasteiger partial charge in [-0.15, -0.1) is 6.42 Å². The molecule has 3 aromatic heterocycles. The maximum absolute atomic E-state index is 17.3. The van der Waals surface area contributed by atoms with E-state index in [1.54, 1.807) is 6.20 Å². The summed E-state index contributed by atoms with van der Waals surface area (Å²) >= 11 is 0. The van der Waals surface area contributed by atoms with Crippen LogP contribution >= 0.6 is 0 Å². The molecule has 3 N–H and O–H groups in total. The van der Waals surface area contributed by atoms with Crippen molar-refractivity contribution in [2.24, 2.45) is 0 Å². The topological polar surface area (TPSA) is 123 Å². The number of fused-ring (bicyclic) bond motifs is 3. The van der Waals surface area contributed by atoms with Crippen molar-refractivity contribution in [3.63, 3.8) is 0 Å². The fraction of sp³-hybridized carbons (Fsp3) is 0.368. The number of hydrogen-bond acceptors (Lipinski definition) is 10. The molecule has 10 nitrogen and oxygen atoms in total. The number of halogens is 3. The second-order valence-corrected chi connectivity index (χ2v) is 13.9. The summed E-state index contributed by atoms with van der Waals surface area (Å²) < 4.78 is 59.5. The Balaban J connectivity index is 1.26. The lowest BCUT2D eigenvalue weighted by Crippen LogP contribution is -2.43. The lowest BCUT2D eigenvalue weighted by Gasteiger charge is -2.36. The minimum atomic E-state index is -0.961. The van der Waals surface area contributed by atoms with Gasteiger partial charge in [0.1, 0.15) is 59.2 Å². The van der Waals surface area contributed by atoms with E-state index in [1.165, 1.54) is 24.3 Å². The van der Waals surface area contributed by atoms with E-state index in [9.17, 15) is 9.50 Å². The standard InChI is InChI=1S/C38H34F3N7O3/c1-2-24-26(40)8-7-21-15-23(49)16-25(28(21)24)32-31(41)33-30-35(46-37(45-33)51-19-38-10-4-12-47(38)18-22(39)17-38)48(13-14-50-36(30)44-32)27-6-3-5-20-9-11-43-34(42)29(20)27/h1,7-9,11,15-16,22,27,49H,3-6,10,12-14,17-19H2,(H2,42,43)/t22-,27?,38+/m1/s1. The molecule has 0 radical (unpaired) electrons. The number of pyridine rings is 2. The number of benzene rings is 2. The van der Waals surface area contributed by atoms with E-state index in [0.29, 0.717) is 36.5 Å². The van der Waals surface area contributed by atoms with E-state index in [-0.39, 0.29) is 70.0 Å². The molecule has 5 aromatic rings. The van der Waals surface area contributed by atoms with Crippen LogP contribution in [0.2, 0.25) is 0 Å². The quantitative estimate of drug-likeness (QED) is 0.212. The van der Waals surface area contributed by atoms with Crippen molar-refractivity contribution in [3.05, 3.63) is 64.9 Å². The Morgan fingerprint density at radius 1 is 1.12 bits per heavy atom. The third-order valence-electron chi connectivity index (χ3n) is 11.0. The summed E-state index contributed by atoms with van der Waals surface area (Å²) in [7, 11) is 0. The van der Waals surface area contributed by atoms with E-state index in [0.717, 1.165) is 49.8 Å². The number of nitrogen functional groups attached to an aromatic ring is 1. The van der Waals surface area contributed by atoms with Crippen molar-refractivity contribution < 1.29 is 27.8 Å². The van der Waals surface area contributed by atoms with Crippen LogP contribution in [0, 0.1) is 24.0 Å². The average Bonchev–Trinajstić information content (AvgIpc) is 3.58. The Kier molecular flexibility index (Phi) is 7.36. The van der Waals surface area contributed by atoms with E-state index in [4.69, 9.17) is 26.6 Å². The van der Waals surface area contributed by atoms with Gasteiger partial charge in [-0.05, 0) is 73.9 Å². The number of aromatic nitrogens is 4.